The lowest BCUT2D eigenvalue weighted by Crippen LogP contribution is -2.16. The van der Waals surface area contributed by atoms with Crippen LogP contribution in [0.25, 0.3) is 0 Å². The molecule has 1 atom stereocenters. The second-order valence-electron chi connectivity index (χ2n) is 5.10. The fourth-order valence-electron chi connectivity index (χ4n) is 2.26. The summed E-state index contributed by atoms with van der Waals surface area (Å²) in [5.41, 5.74) is 0.327. The zero-order chi connectivity index (χ0) is 17.0. The van der Waals surface area contributed by atoms with Gasteiger partial charge in [-0.15, -0.1) is 0 Å². The summed E-state index contributed by atoms with van der Waals surface area (Å²) in [6.07, 6.45) is -0.149. The average Bonchev–Trinajstić information content (AvgIpc) is 2.53. The van der Waals surface area contributed by atoms with Crippen LogP contribution in [0.4, 0.5) is 5.69 Å². The fraction of sp³-hybridized carbons (Fsp3) is 0.188. The van der Waals surface area contributed by atoms with Crippen LogP contribution in [0.15, 0.2) is 59.5 Å². The Bertz CT molecular complexity index is 813. The number of Topliss-reactive ketones (excluding diaryl/α,β-unsaturated/α-hetero) is 1. The largest absolute Gasteiger partial charge is 0.300 e. The number of non-ortho nitro benzene ring substituents is 1. The van der Waals surface area contributed by atoms with E-state index in [9.17, 15) is 23.3 Å². The van der Waals surface area contributed by atoms with Gasteiger partial charge in [-0.2, -0.15) is 0 Å². The molecular weight excluding hydrogens is 318 g/mol. The number of carbonyl (C=O) groups is 1. The van der Waals surface area contributed by atoms with Crippen molar-refractivity contribution in [3.05, 3.63) is 70.3 Å². The molecular formula is C16H15NO5S. The Hall–Kier alpha value is -2.54. The van der Waals surface area contributed by atoms with Crippen LogP contribution in [0.1, 0.15) is 24.2 Å². The van der Waals surface area contributed by atoms with Gasteiger partial charge in [0, 0.05) is 18.6 Å². The van der Waals surface area contributed by atoms with E-state index in [0.717, 1.165) is 12.1 Å². The highest BCUT2D eigenvalue weighted by molar-refractivity contribution is 7.91. The second kappa shape index (κ2) is 6.70. The number of nitro benzene ring substituents is 1. The van der Waals surface area contributed by atoms with Crippen molar-refractivity contribution in [2.75, 3.05) is 0 Å². The maximum absolute atomic E-state index is 12.8. The standard InChI is InChI=1S/C16H15NO5S/c1-12(18)11-16(13-5-3-2-4-6-13)23(21,22)15-9-7-14(8-10-15)17(19)20/h2-10,16H,11H2,1H3/t16-/m0/s1. The molecule has 0 heterocycles. The number of hydrogen-bond acceptors (Lipinski definition) is 5. The quantitative estimate of drug-likeness (QED) is 0.598. The van der Waals surface area contributed by atoms with Gasteiger partial charge in [-0.05, 0) is 24.6 Å². The van der Waals surface area contributed by atoms with Crippen LogP contribution < -0.4 is 0 Å². The van der Waals surface area contributed by atoms with Crippen LogP contribution in [0.2, 0.25) is 0 Å². The van der Waals surface area contributed by atoms with Gasteiger partial charge >= 0.3 is 0 Å². The highest BCUT2D eigenvalue weighted by Gasteiger charge is 2.30. The zero-order valence-corrected chi connectivity index (χ0v) is 13.2. The summed E-state index contributed by atoms with van der Waals surface area (Å²) in [5, 5.41) is 9.66. The Morgan fingerprint density at radius 2 is 1.65 bits per heavy atom. The van der Waals surface area contributed by atoms with Gasteiger partial charge in [0.15, 0.2) is 9.84 Å². The predicted octanol–water partition coefficient (Wildman–Crippen LogP) is 3.09. The van der Waals surface area contributed by atoms with Crippen molar-refractivity contribution in [2.24, 2.45) is 0 Å². The third-order valence-corrected chi connectivity index (χ3v) is 5.51. The van der Waals surface area contributed by atoms with Gasteiger partial charge in [0.2, 0.25) is 0 Å². The molecule has 0 saturated carbocycles. The van der Waals surface area contributed by atoms with E-state index in [2.05, 4.69) is 0 Å². The molecule has 23 heavy (non-hydrogen) atoms. The maximum atomic E-state index is 12.8. The molecule has 0 radical (unpaired) electrons. The van der Waals surface area contributed by atoms with E-state index in [4.69, 9.17) is 0 Å². The van der Waals surface area contributed by atoms with Gasteiger partial charge in [0.25, 0.3) is 5.69 Å². The molecule has 2 aromatic carbocycles. The first-order chi connectivity index (χ1) is 10.8. The van der Waals surface area contributed by atoms with Crippen molar-refractivity contribution in [1.29, 1.82) is 0 Å². The van der Waals surface area contributed by atoms with E-state index in [0.29, 0.717) is 5.56 Å². The number of carbonyl (C=O) groups excluding carboxylic acids is 1. The molecule has 120 valence electrons. The summed E-state index contributed by atoms with van der Waals surface area (Å²) in [6, 6.07) is 13.1. The monoisotopic (exact) mass is 333 g/mol. The molecule has 0 saturated heterocycles. The molecule has 7 heteroatoms. The summed E-state index contributed by atoms with van der Waals surface area (Å²) in [6.45, 7) is 1.33. The molecule has 0 aromatic heterocycles. The number of sulfone groups is 1. The summed E-state index contributed by atoms with van der Waals surface area (Å²) < 4.78 is 25.7. The van der Waals surface area contributed by atoms with Gasteiger partial charge in [-0.3, -0.25) is 14.9 Å². The van der Waals surface area contributed by atoms with Gasteiger partial charge in [-0.1, -0.05) is 30.3 Å². The Kier molecular flexibility index (Phi) is 4.90. The van der Waals surface area contributed by atoms with Gasteiger partial charge < -0.3 is 0 Å². The van der Waals surface area contributed by atoms with Gasteiger partial charge in [0.1, 0.15) is 5.78 Å². The highest BCUT2D eigenvalue weighted by Crippen LogP contribution is 2.32. The summed E-state index contributed by atoms with van der Waals surface area (Å²) in [4.78, 5) is 21.5. The first-order valence-corrected chi connectivity index (χ1v) is 8.39. The number of nitrogens with zero attached hydrogens (tertiary/aromatic N) is 1. The third-order valence-electron chi connectivity index (χ3n) is 3.39. The lowest BCUT2D eigenvalue weighted by atomic mass is 10.1. The SMILES string of the molecule is CC(=O)C[C@@H](c1ccccc1)S(=O)(=O)c1ccc([N+](=O)[O-])cc1. The molecule has 0 N–H and O–H groups in total. The topological polar surface area (TPSA) is 94.3 Å². The highest BCUT2D eigenvalue weighted by atomic mass is 32.2. The Morgan fingerprint density at radius 3 is 2.13 bits per heavy atom. The normalized spacial score (nSPS) is 12.6. The molecule has 2 aromatic rings. The molecule has 0 amide bonds. The zero-order valence-electron chi connectivity index (χ0n) is 12.4. The molecule has 0 spiro atoms. The molecule has 0 bridgehead atoms. The molecule has 6 nitrogen and oxygen atoms in total. The minimum absolute atomic E-state index is 0.0433. The minimum Gasteiger partial charge on any atom is -0.300 e. The Morgan fingerprint density at radius 1 is 1.09 bits per heavy atom. The van der Waals surface area contributed by atoms with Crippen molar-refractivity contribution in [3.8, 4) is 0 Å². The first-order valence-electron chi connectivity index (χ1n) is 6.85. The maximum Gasteiger partial charge on any atom is 0.269 e. The molecule has 0 aliphatic rings. The first kappa shape index (κ1) is 16.8. The van der Waals surface area contributed by atoms with Crippen molar-refractivity contribution < 1.29 is 18.1 Å². The Balaban J connectivity index is 2.47. The van der Waals surface area contributed by atoms with Gasteiger partial charge in [-0.25, -0.2) is 8.42 Å². The van der Waals surface area contributed by atoms with E-state index in [1.165, 1.54) is 19.1 Å². The fourth-order valence-corrected chi connectivity index (χ4v) is 4.07. The smallest absolute Gasteiger partial charge is 0.269 e. The van der Waals surface area contributed by atoms with Crippen molar-refractivity contribution in [1.82, 2.24) is 0 Å². The second-order valence-corrected chi connectivity index (χ2v) is 7.23. The summed E-state index contributed by atoms with van der Waals surface area (Å²) in [5.74, 6) is -0.246. The molecule has 0 fully saturated rings. The lowest BCUT2D eigenvalue weighted by molar-refractivity contribution is -0.384. The van der Waals surface area contributed by atoms with Gasteiger partial charge in [0.05, 0.1) is 15.1 Å². The van der Waals surface area contributed by atoms with E-state index in [1.807, 2.05) is 0 Å². The number of benzene rings is 2. The number of hydrogen-bond donors (Lipinski definition) is 0. The van der Waals surface area contributed by atoms with Crippen molar-refractivity contribution in [3.63, 3.8) is 0 Å². The third kappa shape index (κ3) is 3.81. The van der Waals surface area contributed by atoms with Crippen LogP contribution in [0.5, 0.6) is 0 Å². The van der Waals surface area contributed by atoms with Crippen molar-refractivity contribution >= 4 is 21.3 Å². The van der Waals surface area contributed by atoms with Crippen LogP contribution >= 0.6 is 0 Å². The predicted molar refractivity (Wildman–Crippen MR) is 84.8 cm³/mol. The van der Waals surface area contributed by atoms with Crippen LogP contribution in [0.3, 0.4) is 0 Å². The van der Waals surface area contributed by atoms with E-state index in [1.54, 1.807) is 30.3 Å². The Labute approximate surface area is 133 Å². The molecule has 0 aliphatic carbocycles. The summed E-state index contributed by atoms with van der Waals surface area (Å²) in [7, 11) is -3.84. The average molecular weight is 333 g/mol. The molecule has 2 rings (SSSR count). The number of nitro groups is 1. The van der Waals surface area contributed by atoms with Crippen LogP contribution in [-0.2, 0) is 14.6 Å². The number of ketones is 1. The minimum atomic E-state index is -3.84. The van der Waals surface area contributed by atoms with E-state index >= 15 is 0 Å². The van der Waals surface area contributed by atoms with E-state index in [-0.39, 0.29) is 22.8 Å². The van der Waals surface area contributed by atoms with Crippen LogP contribution in [-0.4, -0.2) is 19.1 Å². The summed E-state index contributed by atoms with van der Waals surface area (Å²) >= 11 is 0. The van der Waals surface area contributed by atoms with E-state index < -0.39 is 20.0 Å². The van der Waals surface area contributed by atoms with Crippen LogP contribution in [0, 0.1) is 10.1 Å². The lowest BCUT2D eigenvalue weighted by Gasteiger charge is -2.17. The van der Waals surface area contributed by atoms with Crippen molar-refractivity contribution in [2.45, 2.75) is 23.5 Å². The number of rotatable bonds is 6. The molecule has 0 unspecified atom stereocenters. The molecule has 0 aliphatic heterocycles.